The van der Waals surface area contributed by atoms with Gasteiger partial charge < -0.3 is 10.5 Å². The Kier molecular flexibility index (Phi) is 3.04. The van der Waals surface area contributed by atoms with Crippen molar-refractivity contribution in [3.8, 4) is 11.4 Å². The minimum absolute atomic E-state index is 0.104. The number of hydrogen-bond acceptors (Lipinski definition) is 3. The summed E-state index contributed by atoms with van der Waals surface area (Å²) < 4.78 is 7.46. The molecule has 2 rings (SSSR count). The molecule has 2 aromatic rings. The second kappa shape index (κ2) is 4.49. The molecule has 0 aliphatic heterocycles. The quantitative estimate of drug-likeness (QED) is 0.826. The Balaban J connectivity index is 2.36. The highest BCUT2D eigenvalue weighted by atomic mass is 16.5. The van der Waals surface area contributed by atoms with Crippen LogP contribution in [0.25, 0.3) is 5.69 Å². The Morgan fingerprint density at radius 2 is 2.12 bits per heavy atom. The predicted molar refractivity (Wildman–Crippen MR) is 68.5 cm³/mol. The van der Waals surface area contributed by atoms with Crippen molar-refractivity contribution in [3.63, 3.8) is 0 Å². The zero-order valence-electron chi connectivity index (χ0n) is 10.3. The molecule has 0 bridgehead atoms. The standard InChI is InChI=1S/C13H17N3O/c1-9(2)17-13-6-11(4-5-12(13)14)16-8-10(3)7-15-16/h4-9H,14H2,1-3H3. The lowest BCUT2D eigenvalue weighted by atomic mass is 10.2. The van der Waals surface area contributed by atoms with Gasteiger partial charge in [-0.2, -0.15) is 5.10 Å². The van der Waals surface area contributed by atoms with E-state index >= 15 is 0 Å². The molecule has 1 aromatic heterocycles. The van der Waals surface area contributed by atoms with Gasteiger partial charge in [-0.1, -0.05) is 0 Å². The van der Waals surface area contributed by atoms with Gasteiger partial charge in [0, 0.05) is 12.3 Å². The fraction of sp³-hybridized carbons (Fsp3) is 0.308. The normalized spacial score (nSPS) is 10.8. The summed E-state index contributed by atoms with van der Waals surface area (Å²) in [5.74, 6) is 0.700. The van der Waals surface area contributed by atoms with Crippen LogP contribution in [0, 0.1) is 6.92 Å². The molecule has 0 amide bonds. The molecule has 1 aromatic carbocycles. The van der Waals surface area contributed by atoms with Gasteiger partial charge in [-0.3, -0.25) is 0 Å². The molecule has 0 spiro atoms. The molecule has 0 saturated carbocycles. The molecular weight excluding hydrogens is 214 g/mol. The van der Waals surface area contributed by atoms with Gasteiger partial charge in [-0.25, -0.2) is 4.68 Å². The minimum atomic E-state index is 0.104. The first-order valence-electron chi connectivity index (χ1n) is 5.64. The van der Waals surface area contributed by atoms with E-state index in [0.717, 1.165) is 11.3 Å². The highest BCUT2D eigenvalue weighted by Gasteiger charge is 2.06. The molecule has 4 nitrogen and oxygen atoms in total. The Hall–Kier alpha value is -1.97. The van der Waals surface area contributed by atoms with E-state index < -0.39 is 0 Å². The maximum absolute atomic E-state index is 5.87. The average Bonchev–Trinajstić information content (AvgIpc) is 2.67. The molecule has 0 saturated heterocycles. The monoisotopic (exact) mass is 231 g/mol. The van der Waals surface area contributed by atoms with Gasteiger partial charge in [0.25, 0.3) is 0 Å². The van der Waals surface area contributed by atoms with Crippen LogP contribution in [0.1, 0.15) is 19.4 Å². The molecular formula is C13H17N3O. The van der Waals surface area contributed by atoms with Crippen LogP contribution < -0.4 is 10.5 Å². The molecule has 2 N–H and O–H groups in total. The maximum atomic E-state index is 5.87. The van der Waals surface area contributed by atoms with Crippen molar-refractivity contribution in [2.24, 2.45) is 0 Å². The van der Waals surface area contributed by atoms with E-state index in [9.17, 15) is 0 Å². The smallest absolute Gasteiger partial charge is 0.144 e. The fourth-order valence-electron chi connectivity index (χ4n) is 1.58. The molecule has 0 radical (unpaired) electrons. The van der Waals surface area contributed by atoms with Crippen LogP contribution in [0.3, 0.4) is 0 Å². The lowest BCUT2D eigenvalue weighted by Gasteiger charge is -2.13. The summed E-state index contributed by atoms with van der Waals surface area (Å²) >= 11 is 0. The van der Waals surface area contributed by atoms with Crippen LogP contribution in [-0.2, 0) is 0 Å². The molecule has 0 aliphatic carbocycles. The Morgan fingerprint density at radius 1 is 1.35 bits per heavy atom. The lowest BCUT2D eigenvalue weighted by molar-refractivity contribution is 0.244. The summed E-state index contributed by atoms with van der Waals surface area (Å²) in [4.78, 5) is 0. The summed E-state index contributed by atoms with van der Waals surface area (Å²) in [7, 11) is 0. The molecule has 17 heavy (non-hydrogen) atoms. The summed E-state index contributed by atoms with van der Waals surface area (Å²) in [5, 5.41) is 4.26. The minimum Gasteiger partial charge on any atom is -0.489 e. The first kappa shape index (κ1) is 11.5. The van der Waals surface area contributed by atoms with Gasteiger partial charge in [-0.05, 0) is 38.5 Å². The average molecular weight is 231 g/mol. The van der Waals surface area contributed by atoms with Crippen LogP contribution >= 0.6 is 0 Å². The van der Waals surface area contributed by atoms with Gasteiger partial charge in [0.1, 0.15) is 5.75 Å². The van der Waals surface area contributed by atoms with E-state index in [2.05, 4.69) is 5.10 Å². The summed E-state index contributed by atoms with van der Waals surface area (Å²) in [6.07, 6.45) is 3.89. The molecule has 0 atom stereocenters. The van der Waals surface area contributed by atoms with Crippen molar-refractivity contribution in [1.29, 1.82) is 0 Å². The Bertz CT molecular complexity index is 517. The van der Waals surface area contributed by atoms with E-state index in [1.165, 1.54) is 0 Å². The zero-order valence-corrected chi connectivity index (χ0v) is 10.3. The van der Waals surface area contributed by atoms with Crippen molar-refractivity contribution in [2.75, 3.05) is 5.73 Å². The fourth-order valence-corrected chi connectivity index (χ4v) is 1.58. The second-order valence-electron chi connectivity index (χ2n) is 4.35. The van der Waals surface area contributed by atoms with E-state index in [-0.39, 0.29) is 6.10 Å². The van der Waals surface area contributed by atoms with Gasteiger partial charge in [0.15, 0.2) is 0 Å². The van der Waals surface area contributed by atoms with E-state index in [1.54, 1.807) is 0 Å². The number of nitrogens with zero attached hydrogens (tertiary/aromatic N) is 2. The van der Waals surface area contributed by atoms with E-state index in [4.69, 9.17) is 10.5 Å². The van der Waals surface area contributed by atoms with Crippen molar-refractivity contribution in [3.05, 3.63) is 36.2 Å². The largest absolute Gasteiger partial charge is 0.489 e. The maximum Gasteiger partial charge on any atom is 0.144 e. The number of aromatic nitrogens is 2. The van der Waals surface area contributed by atoms with Crippen LogP contribution in [0.5, 0.6) is 5.75 Å². The zero-order chi connectivity index (χ0) is 12.4. The first-order valence-corrected chi connectivity index (χ1v) is 5.64. The van der Waals surface area contributed by atoms with Gasteiger partial charge in [-0.15, -0.1) is 0 Å². The number of benzene rings is 1. The van der Waals surface area contributed by atoms with Gasteiger partial charge >= 0.3 is 0 Å². The molecule has 0 aliphatic rings. The third-order valence-corrected chi connectivity index (χ3v) is 2.34. The van der Waals surface area contributed by atoms with Crippen LogP contribution in [0.4, 0.5) is 5.69 Å². The topological polar surface area (TPSA) is 53.1 Å². The molecule has 4 heteroatoms. The van der Waals surface area contributed by atoms with Crippen molar-refractivity contribution in [2.45, 2.75) is 26.9 Å². The van der Waals surface area contributed by atoms with Crippen LogP contribution in [0.2, 0.25) is 0 Å². The van der Waals surface area contributed by atoms with Crippen molar-refractivity contribution >= 4 is 5.69 Å². The number of anilines is 1. The summed E-state index contributed by atoms with van der Waals surface area (Å²) in [5.41, 5.74) is 8.58. The third-order valence-electron chi connectivity index (χ3n) is 2.34. The van der Waals surface area contributed by atoms with Crippen molar-refractivity contribution < 1.29 is 4.74 Å². The third kappa shape index (κ3) is 2.58. The second-order valence-corrected chi connectivity index (χ2v) is 4.35. The molecule has 1 heterocycles. The first-order chi connectivity index (χ1) is 8.06. The lowest BCUT2D eigenvalue weighted by Crippen LogP contribution is -2.08. The Labute approximate surface area is 101 Å². The van der Waals surface area contributed by atoms with Crippen LogP contribution in [0.15, 0.2) is 30.6 Å². The number of aryl methyl sites for hydroxylation is 1. The number of rotatable bonds is 3. The molecule has 0 unspecified atom stereocenters. The number of ether oxygens (including phenoxy) is 1. The van der Waals surface area contributed by atoms with Gasteiger partial charge in [0.2, 0.25) is 0 Å². The number of nitrogen functional groups attached to an aromatic ring is 1. The van der Waals surface area contributed by atoms with E-state index in [1.807, 2.05) is 56.0 Å². The van der Waals surface area contributed by atoms with Gasteiger partial charge in [0.05, 0.1) is 23.7 Å². The molecule has 0 fully saturated rings. The highest BCUT2D eigenvalue weighted by Crippen LogP contribution is 2.25. The highest BCUT2D eigenvalue weighted by molar-refractivity contribution is 5.57. The predicted octanol–water partition coefficient (Wildman–Crippen LogP) is 2.55. The van der Waals surface area contributed by atoms with Crippen LogP contribution in [-0.4, -0.2) is 15.9 Å². The Morgan fingerprint density at radius 3 is 2.71 bits per heavy atom. The number of hydrogen-bond donors (Lipinski definition) is 1. The SMILES string of the molecule is Cc1cnn(-c2ccc(N)c(OC(C)C)c2)c1. The summed E-state index contributed by atoms with van der Waals surface area (Å²) in [6.45, 7) is 5.96. The summed E-state index contributed by atoms with van der Waals surface area (Å²) in [6, 6.07) is 5.67. The number of nitrogens with two attached hydrogens (primary N) is 1. The molecule has 90 valence electrons. The van der Waals surface area contributed by atoms with E-state index in [0.29, 0.717) is 11.4 Å². The van der Waals surface area contributed by atoms with Crippen molar-refractivity contribution in [1.82, 2.24) is 9.78 Å².